The minimum absolute atomic E-state index is 0.00428. The maximum absolute atomic E-state index is 12.5. The van der Waals surface area contributed by atoms with Gasteiger partial charge in [0.15, 0.2) is 5.16 Å². The van der Waals surface area contributed by atoms with Crippen molar-refractivity contribution >= 4 is 56.6 Å². The number of rotatable bonds is 5. The molecule has 10 heteroatoms. The van der Waals surface area contributed by atoms with E-state index < -0.39 is 11.9 Å². The van der Waals surface area contributed by atoms with E-state index in [1.54, 1.807) is 11.3 Å². The van der Waals surface area contributed by atoms with Crippen LogP contribution in [0.25, 0.3) is 20.7 Å². The number of hydrogen-bond acceptors (Lipinski definition) is 7. The maximum atomic E-state index is 12.5. The molecule has 3 amide bonds. The molecular formula is C16H14N4O3S3. The molecule has 0 aromatic carbocycles. The van der Waals surface area contributed by atoms with Crippen LogP contribution in [0.4, 0.5) is 4.79 Å². The molecule has 1 aliphatic carbocycles. The summed E-state index contributed by atoms with van der Waals surface area (Å²) in [6, 6.07) is 3.61. The Morgan fingerprint density at radius 1 is 1.35 bits per heavy atom. The van der Waals surface area contributed by atoms with Crippen LogP contribution in [-0.2, 0) is 4.79 Å². The predicted octanol–water partition coefficient (Wildman–Crippen LogP) is 2.79. The quantitative estimate of drug-likeness (QED) is 0.446. The number of fused-ring (bicyclic) bond motifs is 1. The summed E-state index contributed by atoms with van der Waals surface area (Å²) in [6.45, 7) is 0. The lowest BCUT2D eigenvalue weighted by Gasteiger charge is -2.05. The lowest BCUT2D eigenvalue weighted by atomic mass is 10.2. The number of thioether (sulfide) groups is 1. The van der Waals surface area contributed by atoms with Crippen LogP contribution in [0.5, 0.6) is 0 Å². The molecule has 0 spiro atoms. The summed E-state index contributed by atoms with van der Waals surface area (Å²) in [5.74, 6) is -0.434. The van der Waals surface area contributed by atoms with Crippen molar-refractivity contribution in [1.82, 2.24) is 20.6 Å². The molecule has 0 aliphatic heterocycles. The topological polar surface area (TPSA) is 104 Å². The van der Waals surface area contributed by atoms with Crippen LogP contribution in [0.3, 0.4) is 0 Å². The zero-order valence-corrected chi connectivity index (χ0v) is 15.9. The number of urea groups is 1. The van der Waals surface area contributed by atoms with Gasteiger partial charge >= 0.3 is 6.03 Å². The number of hydrogen-bond donors (Lipinski definition) is 3. The summed E-state index contributed by atoms with van der Waals surface area (Å²) in [7, 11) is 0. The molecule has 0 saturated heterocycles. The molecule has 0 atom stereocenters. The SMILES string of the molecule is O=C(CSc1nc2scc(-c3cccs3)c2c(=O)[nH]1)NC(=O)NC1CC1. The van der Waals surface area contributed by atoms with Crippen molar-refractivity contribution in [1.29, 1.82) is 0 Å². The molecule has 0 unspecified atom stereocenters. The molecule has 26 heavy (non-hydrogen) atoms. The molecule has 7 nitrogen and oxygen atoms in total. The molecule has 0 bridgehead atoms. The molecule has 4 rings (SSSR count). The number of H-pyrrole nitrogens is 1. The summed E-state index contributed by atoms with van der Waals surface area (Å²) in [4.78, 5) is 44.6. The first-order valence-electron chi connectivity index (χ1n) is 7.88. The van der Waals surface area contributed by atoms with Crippen molar-refractivity contribution in [2.45, 2.75) is 24.0 Å². The Bertz CT molecular complexity index is 1020. The number of nitrogens with one attached hydrogen (secondary N) is 3. The van der Waals surface area contributed by atoms with Gasteiger partial charge in [0.05, 0.1) is 11.1 Å². The number of aromatic amines is 1. The van der Waals surface area contributed by atoms with Crippen molar-refractivity contribution < 1.29 is 9.59 Å². The van der Waals surface area contributed by atoms with E-state index >= 15 is 0 Å². The van der Waals surface area contributed by atoms with Crippen LogP contribution in [0.1, 0.15) is 12.8 Å². The van der Waals surface area contributed by atoms with E-state index in [0.717, 1.165) is 35.0 Å². The first kappa shape index (κ1) is 17.3. The zero-order chi connectivity index (χ0) is 18.1. The van der Waals surface area contributed by atoms with Gasteiger partial charge < -0.3 is 10.3 Å². The Morgan fingerprint density at radius 3 is 2.92 bits per heavy atom. The summed E-state index contributed by atoms with van der Waals surface area (Å²) in [5, 5.41) is 9.76. The minimum atomic E-state index is -0.478. The molecule has 3 N–H and O–H groups in total. The van der Waals surface area contributed by atoms with E-state index in [1.165, 1.54) is 11.3 Å². The van der Waals surface area contributed by atoms with E-state index in [0.29, 0.717) is 15.4 Å². The van der Waals surface area contributed by atoms with Gasteiger partial charge in [0.1, 0.15) is 4.83 Å². The zero-order valence-electron chi connectivity index (χ0n) is 13.4. The monoisotopic (exact) mass is 406 g/mol. The predicted molar refractivity (Wildman–Crippen MR) is 104 cm³/mol. The fourth-order valence-corrected chi connectivity index (χ4v) is 4.84. The number of thiophene rings is 2. The van der Waals surface area contributed by atoms with E-state index in [1.807, 2.05) is 22.9 Å². The van der Waals surface area contributed by atoms with E-state index in [4.69, 9.17) is 0 Å². The standard InChI is InChI=1S/C16H14N4O3S3/c21-11(18-15(23)17-8-3-4-8)7-26-16-19-13(22)12-9(6-25-14(12)20-16)10-2-1-5-24-10/h1-2,5-6,8H,3-4,7H2,(H,19,20,22)(H2,17,18,21,23). The van der Waals surface area contributed by atoms with Gasteiger partial charge in [-0.1, -0.05) is 17.8 Å². The third-order valence-corrected chi connectivity index (χ3v) is 6.36. The average molecular weight is 407 g/mol. The summed E-state index contributed by atoms with van der Waals surface area (Å²) < 4.78 is 0. The van der Waals surface area contributed by atoms with Crippen molar-refractivity contribution in [3.63, 3.8) is 0 Å². The Hall–Kier alpha value is -2.17. The summed E-state index contributed by atoms with van der Waals surface area (Å²) in [5.41, 5.74) is 0.647. The van der Waals surface area contributed by atoms with E-state index in [2.05, 4.69) is 20.6 Å². The highest BCUT2D eigenvalue weighted by molar-refractivity contribution is 7.99. The van der Waals surface area contributed by atoms with Gasteiger partial charge in [-0.25, -0.2) is 9.78 Å². The number of aromatic nitrogens is 2. The number of carbonyl (C=O) groups is 2. The third-order valence-electron chi connectivity index (χ3n) is 3.71. The van der Waals surface area contributed by atoms with Gasteiger partial charge in [-0.05, 0) is 24.3 Å². The van der Waals surface area contributed by atoms with E-state index in [9.17, 15) is 14.4 Å². The van der Waals surface area contributed by atoms with Crippen molar-refractivity contribution in [2.75, 3.05) is 5.75 Å². The second kappa shape index (κ2) is 7.22. The Morgan fingerprint density at radius 2 is 2.19 bits per heavy atom. The van der Waals surface area contributed by atoms with Gasteiger partial charge in [0, 0.05) is 21.9 Å². The second-order valence-electron chi connectivity index (χ2n) is 5.76. The molecule has 3 aromatic rings. The molecule has 1 saturated carbocycles. The Kier molecular flexibility index (Phi) is 4.79. The van der Waals surface area contributed by atoms with Crippen molar-refractivity contribution in [3.05, 3.63) is 33.2 Å². The molecular weight excluding hydrogens is 392 g/mol. The minimum Gasteiger partial charge on any atom is -0.335 e. The lowest BCUT2D eigenvalue weighted by molar-refractivity contribution is -0.117. The highest BCUT2D eigenvalue weighted by Gasteiger charge is 2.24. The van der Waals surface area contributed by atoms with Gasteiger partial charge in [-0.2, -0.15) is 0 Å². The highest BCUT2D eigenvalue weighted by atomic mass is 32.2. The van der Waals surface area contributed by atoms with Crippen LogP contribution in [-0.4, -0.2) is 33.7 Å². The molecule has 134 valence electrons. The highest BCUT2D eigenvalue weighted by Crippen LogP contribution is 2.33. The molecule has 0 radical (unpaired) electrons. The Balaban J connectivity index is 1.45. The van der Waals surface area contributed by atoms with E-state index in [-0.39, 0.29) is 17.4 Å². The smallest absolute Gasteiger partial charge is 0.321 e. The number of amides is 3. The molecule has 1 aliphatic rings. The van der Waals surface area contributed by atoms with Crippen LogP contribution in [0, 0.1) is 0 Å². The normalized spacial score (nSPS) is 13.7. The van der Waals surface area contributed by atoms with Crippen LogP contribution in [0.2, 0.25) is 0 Å². The molecule has 3 heterocycles. The van der Waals surface area contributed by atoms with Gasteiger partial charge in [0.2, 0.25) is 5.91 Å². The molecule has 1 fully saturated rings. The lowest BCUT2D eigenvalue weighted by Crippen LogP contribution is -2.41. The van der Waals surface area contributed by atoms with Crippen molar-refractivity contribution in [3.8, 4) is 10.4 Å². The van der Waals surface area contributed by atoms with Crippen molar-refractivity contribution in [2.24, 2.45) is 0 Å². The summed E-state index contributed by atoms with van der Waals surface area (Å²) >= 11 is 4.05. The summed E-state index contributed by atoms with van der Waals surface area (Å²) in [6.07, 6.45) is 1.91. The van der Waals surface area contributed by atoms with Gasteiger partial charge in [0.25, 0.3) is 5.56 Å². The maximum Gasteiger partial charge on any atom is 0.321 e. The number of nitrogens with zero attached hydrogens (tertiary/aromatic N) is 1. The largest absolute Gasteiger partial charge is 0.335 e. The van der Waals surface area contributed by atoms with Crippen LogP contribution in [0.15, 0.2) is 32.8 Å². The fraction of sp³-hybridized carbons (Fsp3) is 0.250. The number of carbonyl (C=O) groups excluding carboxylic acids is 2. The molecule has 3 aromatic heterocycles. The first-order chi connectivity index (χ1) is 12.6. The van der Waals surface area contributed by atoms with Crippen LogP contribution >= 0.6 is 34.4 Å². The average Bonchev–Trinajstić information content (AvgIpc) is 3.10. The van der Waals surface area contributed by atoms with Gasteiger partial charge in [-0.3, -0.25) is 14.9 Å². The third kappa shape index (κ3) is 3.81. The second-order valence-corrected chi connectivity index (χ2v) is 8.53. The number of imide groups is 1. The fourth-order valence-electron chi connectivity index (χ4n) is 2.36. The van der Waals surface area contributed by atoms with Gasteiger partial charge in [-0.15, -0.1) is 22.7 Å². The first-order valence-corrected chi connectivity index (χ1v) is 10.6. The Labute approximate surface area is 160 Å². The van der Waals surface area contributed by atoms with Crippen LogP contribution < -0.4 is 16.2 Å².